The molecule has 5 aromatic rings. The summed E-state index contributed by atoms with van der Waals surface area (Å²) in [7, 11) is 0. The third kappa shape index (κ3) is 6.17. The normalized spacial score (nSPS) is 12.3. The highest BCUT2D eigenvalue weighted by atomic mass is 19.4. The van der Waals surface area contributed by atoms with Crippen LogP contribution < -0.4 is 11.1 Å². The van der Waals surface area contributed by atoms with Crippen molar-refractivity contribution in [1.29, 1.82) is 0 Å². The first-order valence-electron chi connectivity index (χ1n) is 12.7. The van der Waals surface area contributed by atoms with E-state index in [4.69, 9.17) is 9.52 Å². The third-order valence-corrected chi connectivity index (χ3v) is 6.83. The average molecular weight is 597 g/mol. The average Bonchev–Trinajstić information content (AvgIpc) is 3.26. The molecule has 1 aromatic heterocycles. The fourth-order valence-electron chi connectivity index (χ4n) is 4.66. The van der Waals surface area contributed by atoms with E-state index in [-0.39, 0.29) is 39.9 Å². The SMILES string of the molecule is C[C@H](NC(=O)c1cc(-c2cc(F)cc(F)c2)cc2oc(=O)n(Cc3ccc(C(F)(F)F)cc3)c12)c1ccc(C(=O)O)cc1. The maximum absolute atomic E-state index is 14.0. The van der Waals surface area contributed by atoms with Gasteiger partial charge in [-0.3, -0.25) is 9.36 Å². The lowest BCUT2D eigenvalue weighted by molar-refractivity contribution is -0.137. The zero-order valence-corrected chi connectivity index (χ0v) is 22.2. The van der Waals surface area contributed by atoms with Gasteiger partial charge in [-0.15, -0.1) is 0 Å². The quantitative estimate of drug-likeness (QED) is 0.201. The monoisotopic (exact) mass is 596 g/mol. The molecule has 43 heavy (non-hydrogen) atoms. The summed E-state index contributed by atoms with van der Waals surface area (Å²) in [5.41, 5.74) is 0.0688. The first kappa shape index (κ1) is 29.2. The standard InChI is InChI=1S/C31H21F5N2O5/c1-16(18-4-6-19(7-5-18)29(40)41)37-28(39)25-12-21(20-10-23(32)14-24(33)11-20)13-26-27(25)38(30(42)43-26)15-17-2-8-22(9-3-17)31(34,35)36/h2-14,16H,15H2,1H3,(H,37,39)(H,40,41)/t16-/m0/s1. The predicted molar refractivity (Wildman–Crippen MR) is 146 cm³/mol. The number of hydrogen-bond acceptors (Lipinski definition) is 4. The molecule has 0 fully saturated rings. The van der Waals surface area contributed by atoms with Crippen LogP contribution in [0.15, 0.2) is 88.1 Å². The largest absolute Gasteiger partial charge is 0.478 e. The van der Waals surface area contributed by atoms with E-state index in [9.17, 15) is 36.3 Å². The highest BCUT2D eigenvalue weighted by Gasteiger charge is 2.30. The van der Waals surface area contributed by atoms with E-state index >= 15 is 0 Å². The summed E-state index contributed by atoms with van der Waals surface area (Å²) >= 11 is 0. The molecule has 12 heteroatoms. The van der Waals surface area contributed by atoms with E-state index in [1.54, 1.807) is 6.92 Å². The molecule has 1 atom stereocenters. The van der Waals surface area contributed by atoms with Crippen LogP contribution in [0.3, 0.4) is 0 Å². The van der Waals surface area contributed by atoms with Crippen molar-refractivity contribution in [2.24, 2.45) is 0 Å². The van der Waals surface area contributed by atoms with Gasteiger partial charge in [0.25, 0.3) is 5.91 Å². The molecule has 1 amide bonds. The van der Waals surface area contributed by atoms with E-state index < -0.39 is 47.0 Å². The van der Waals surface area contributed by atoms with Gasteiger partial charge in [0.15, 0.2) is 5.58 Å². The van der Waals surface area contributed by atoms with Crippen LogP contribution in [0.2, 0.25) is 0 Å². The van der Waals surface area contributed by atoms with Crippen molar-refractivity contribution >= 4 is 23.0 Å². The minimum atomic E-state index is -4.56. The number of halogens is 5. The maximum Gasteiger partial charge on any atom is 0.420 e. The summed E-state index contributed by atoms with van der Waals surface area (Å²) in [6, 6.07) is 14.7. The maximum atomic E-state index is 14.0. The molecule has 0 saturated carbocycles. The van der Waals surface area contributed by atoms with Gasteiger partial charge in [-0.25, -0.2) is 18.4 Å². The number of nitrogens with zero attached hydrogens (tertiary/aromatic N) is 1. The molecule has 0 saturated heterocycles. The lowest BCUT2D eigenvalue weighted by atomic mass is 10.00. The molecule has 0 aliphatic heterocycles. The van der Waals surface area contributed by atoms with Crippen LogP contribution in [0.1, 0.15) is 50.4 Å². The number of aromatic nitrogens is 1. The predicted octanol–water partition coefficient (Wildman–Crippen LogP) is 6.80. The smallest absolute Gasteiger partial charge is 0.420 e. The summed E-state index contributed by atoms with van der Waals surface area (Å²) in [5.74, 6) is -4.49. The second-order valence-electron chi connectivity index (χ2n) is 9.80. The van der Waals surface area contributed by atoms with Crippen LogP contribution in [-0.2, 0) is 12.7 Å². The van der Waals surface area contributed by atoms with Crippen molar-refractivity contribution in [3.8, 4) is 11.1 Å². The number of nitrogens with one attached hydrogen (secondary N) is 1. The van der Waals surface area contributed by atoms with Gasteiger partial charge in [0.2, 0.25) is 0 Å². The van der Waals surface area contributed by atoms with Crippen LogP contribution in [0.5, 0.6) is 0 Å². The summed E-state index contributed by atoms with van der Waals surface area (Å²) in [4.78, 5) is 37.8. The highest BCUT2D eigenvalue weighted by molar-refractivity contribution is 6.06. The first-order valence-corrected chi connectivity index (χ1v) is 12.7. The van der Waals surface area contributed by atoms with Crippen molar-refractivity contribution < 1.29 is 41.1 Å². The summed E-state index contributed by atoms with van der Waals surface area (Å²) in [6.45, 7) is 1.39. The Balaban J connectivity index is 1.59. The number of carboxylic acid groups (broad SMARTS) is 1. The number of alkyl halides is 3. The molecular formula is C31H21F5N2O5. The van der Waals surface area contributed by atoms with Crippen LogP contribution in [-0.4, -0.2) is 21.6 Å². The van der Waals surface area contributed by atoms with Gasteiger partial charge in [-0.05, 0) is 77.7 Å². The topological polar surface area (TPSA) is 102 Å². The first-order chi connectivity index (χ1) is 20.3. The molecule has 5 rings (SSSR count). The van der Waals surface area contributed by atoms with Crippen molar-refractivity contribution in [2.75, 3.05) is 0 Å². The molecule has 0 aliphatic rings. The van der Waals surface area contributed by atoms with Gasteiger partial charge in [-0.2, -0.15) is 13.2 Å². The number of aromatic carboxylic acids is 1. The zero-order chi connectivity index (χ0) is 31.1. The molecule has 220 valence electrons. The summed E-state index contributed by atoms with van der Waals surface area (Å²) < 4.78 is 73.6. The molecule has 4 aromatic carbocycles. The van der Waals surface area contributed by atoms with Gasteiger partial charge >= 0.3 is 17.9 Å². The number of carbonyl (C=O) groups excluding carboxylic acids is 1. The molecule has 0 bridgehead atoms. The number of carboxylic acids is 1. The highest BCUT2D eigenvalue weighted by Crippen LogP contribution is 2.31. The Morgan fingerprint density at radius 1 is 0.907 bits per heavy atom. The summed E-state index contributed by atoms with van der Waals surface area (Å²) in [5, 5.41) is 11.9. The van der Waals surface area contributed by atoms with Crippen LogP contribution in [0.4, 0.5) is 22.0 Å². The molecule has 0 aliphatic carbocycles. The number of amides is 1. The number of hydrogen-bond donors (Lipinski definition) is 2. The summed E-state index contributed by atoms with van der Waals surface area (Å²) in [6.07, 6.45) is -4.56. The molecule has 7 nitrogen and oxygen atoms in total. The Hall–Kier alpha value is -5.26. The number of benzene rings is 4. The third-order valence-electron chi connectivity index (χ3n) is 6.83. The van der Waals surface area contributed by atoms with Crippen molar-refractivity contribution in [1.82, 2.24) is 9.88 Å². The van der Waals surface area contributed by atoms with E-state index in [1.165, 1.54) is 48.5 Å². The fourth-order valence-corrected chi connectivity index (χ4v) is 4.66. The van der Waals surface area contributed by atoms with E-state index in [2.05, 4.69) is 5.32 Å². The lowest BCUT2D eigenvalue weighted by Gasteiger charge is -2.16. The van der Waals surface area contributed by atoms with Crippen molar-refractivity contribution in [3.05, 3.63) is 129 Å². The van der Waals surface area contributed by atoms with E-state index in [0.717, 1.165) is 28.8 Å². The molecule has 2 N–H and O–H groups in total. The number of rotatable bonds is 7. The van der Waals surface area contributed by atoms with Gasteiger partial charge in [0.05, 0.1) is 29.3 Å². The van der Waals surface area contributed by atoms with Crippen LogP contribution in [0.25, 0.3) is 22.2 Å². The van der Waals surface area contributed by atoms with Crippen molar-refractivity contribution in [2.45, 2.75) is 25.7 Å². The van der Waals surface area contributed by atoms with Gasteiger partial charge < -0.3 is 14.8 Å². The number of oxazole rings is 1. The Morgan fingerprint density at radius 2 is 1.51 bits per heavy atom. The second-order valence-corrected chi connectivity index (χ2v) is 9.80. The van der Waals surface area contributed by atoms with Crippen LogP contribution >= 0.6 is 0 Å². The Morgan fingerprint density at radius 3 is 2.09 bits per heavy atom. The fraction of sp³-hybridized carbons (Fsp3) is 0.129. The Bertz CT molecular complexity index is 1890. The minimum Gasteiger partial charge on any atom is -0.478 e. The molecule has 0 radical (unpaired) electrons. The van der Waals surface area contributed by atoms with E-state index in [0.29, 0.717) is 17.2 Å². The zero-order valence-electron chi connectivity index (χ0n) is 22.2. The molecular weight excluding hydrogens is 575 g/mol. The Kier molecular flexibility index (Phi) is 7.61. The van der Waals surface area contributed by atoms with Gasteiger partial charge in [-0.1, -0.05) is 24.3 Å². The second kappa shape index (κ2) is 11.2. The van der Waals surface area contributed by atoms with Crippen molar-refractivity contribution in [3.63, 3.8) is 0 Å². The lowest BCUT2D eigenvalue weighted by Crippen LogP contribution is -2.28. The van der Waals surface area contributed by atoms with Gasteiger partial charge in [0.1, 0.15) is 17.2 Å². The van der Waals surface area contributed by atoms with Crippen LogP contribution in [0, 0.1) is 11.6 Å². The number of fused-ring (bicyclic) bond motifs is 1. The molecule has 0 unspecified atom stereocenters. The Labute approximate surface area is 239 Å². The van der Waals surface area contributed by atoms with Gasteiger partial charge in [0, 0.05) is 6.07 Å². The molecule has 1 heterocycles. The minimum absolute atomic E-state index is 0.0106. The number of carbonyl (C=O) groups is 2. The molecule has 0 spiro atoms. The van der Waals surface area contributed by atoms with E-state index in [1.807, 2.05) is 0 Å².